The van der Waals surface area contributed by atoms with E-state index in [4.69, 9.17) is 11.6 Å². The van der Waals surface area contributed by atoms with Gasteiger partial charge in [-0.15, -0.1) is 5.10 Å². The average Bonchev–Trinajstić information content (AvgIpc) is 2.61. The average molecular weight is 369 g/mol. The summed E-state index contributed by atoms with van der Waals surface area (Å²) in [4.78, 5) is 15.5. The van der Waals surface area contributed by atoms with Gasteiger partial charge < -0.3 is 16.0 Å². The van der Waals surface area contributed by atoms with Crippen molar-refractivity contribution in [2.45, 2.75) is 13.8 Å². The molecule has 0 fully saturated rings. The maximum atomic E-state index is 11.1. The molecule has 7 nitrogen and oxygen atoms in total. The summed E-state index contributed by atoms with van der Waals surface area (Å²) in [5.41, 5.74) is 3.26. The van der Waals surface area contributed by atoms with E-state index in [1.807, 2.05) is 37.3 Å². The first-order valence-corrected chi connectivity index (χ1v) is 8.25. The topological polar surface area (TPSA) is 91.8 Å². The Morgan fingerprint density at radius 2 is 1.77 bits per heavy atom. The van der Waals surface area contributed by atoms with E-state index in [0.717, 1.165) is 22.6 Å². The number of nitrogens with one attached hydrogen (secondary N) is 3. The van der Waals surface area contributed by atoms with E-state index in [9.17, 15) is 4.79 Å². The van der Waals surface area contributed by atoms with Crippen molar-refractivity contribution in [2.75, 3.05) is 16.0 Å². The fourth-order valence-electron chi connectivity index (χ4n) is 2.27. The Morgan fingerprint density at radius 1 is 1.04 bits per heavy atom. The monoisotopic (exact) mass is 368 g/mol. The van der Waals surface area contributed by atoms with Gasteiger partial charge in [0.2, 0.25) is 11.9 Å². The molecule has 1 heterocycles. The van der Waals surface area contributed by atoms with Crippen LogP contribution < -0.4 is 16.0 Å². The SMILES string of the molecule is CC(=O)Nc1ccc(Nc2cnnc(Nc3cccc(Cl)c3C)n2)cc1. The quantitative estimate of drug-likeness (QED) is 0.622. The number of hydrogen-bond acceptors (Lipinski definition) is 6. The molecule has 0 aliphatic rings. The molecule has 2 aromatic carbocycles. The zero-order valence-electron chi connectivity index (χ0n) is 14.2. The van der Waals surface area contributed by atoms with Gasteiger partial charge in [-0.2, -0.15) is 10.1 Å². The molecule has 0 aliphatic carbocycles. The summed E-state index contributed by atoms with van der Waals surface area (Å²) in [6, 6.07) is 12.8. The largest absolute Gasteiger partial charge is 0.339 e. The maximum absolute atomic E-state index is 11.1. The van der Waals surface area contributed by atoms with Crippen LogP contribution in [0.1, 0.15) is 12.5 Å². The van der Waals surface area contributed by atoms with Gasteiger partial charge in [-0.3, -0.25) is 4.79 Å². The Balaban J connectivity index is 1.73. The van der Waals surface area contributed by atoms with Crippen LogP contribution in [0.15, 0.2) is 48.7 Å². The molecule has 132 valence electrons. The standard InChI is InChI=1S/C18H17ClN6O/c1-11-15(19)4-3-5-16(11)23-18-24-17(10-20-25-18)22-14-8-6-13(7-9-14)21-12(2)26/h3-10H,1-2H3,(H,21,26)(H2,22,23,24,25). The Hall–Kier alpha value is -3.19. The smallest absolute Gasteiger partial charge is 0.249 e. The number of hydrogen-bond donors (Lipinski definition) is 3. The molecule has 0 radical (unpaired) electrons. The van der Waals surface area contributed by atoms with Crippen LogP contribution in [0, 0.1) is 6.92 Å². The Labute approximate surface area is 155 Å². The Kier molecular flexibility index (Phi) is 5.28. The number of amides is 1. The number of carbonyl (C=O) groups excluding carboxylic acids is 1. The molecule has 0 atom stereocenters. The van der Waals surface area contributed by atoms with Crippen molar-refractivity contribution < 1.29 is 4.79 Å². The molecule has 0 unspecified atom stereocenters. The number of anilines is 5. The van der Waals surface area contributed by atoms with Gasteiger partial charge in [0.25, 0.3) is 0 Å². The molecule has 3 rings (SSSR count). The first kappa shape index (κ1) is 17.6. The van der Waals surface area contributed by atoms with E-state index < -0.39 is 0 Å². The van der Waals surface area contributed by atoms with Gasteiger partial charge in [0, 0.05) is 29.0 Å². The van der Waals surface area contributed by atoms with E-state index in [1.54, 1.807) is 12.1 Å². The summed E-state index contributed by atoms with van der Waals surface area (Å²) in [6.07, 6.45) is 1.53. The van der Waals surface area contributed by atoms with Crippen LogP contribution in [0.5, 0.6) is 0 Å². The summed E-state index contributed by atoms with van der Waals surface area (Å²) < 4.78 is 0. The lowest BCUT2D eigenvalue weighted by atomic mass is 10.2. The predicted molar refractivity (Wildman–Crippen MR) is 103 cm³/mol. The highest BCUT2D eigenvalue weighted by atomic mass is 35.5. The highest BCUT2D eigenvalue weighted by Gasteiger charge is 2.06. The summed E-state index contributed by atoms with van der Waals surface area (Å²) in [7, 11) is 0. The van der Waals surface area contributed by atoms with E-state index in [-0.39, 0.29) is 5.91 Å². The Morgan fingerprint density at radius 3 is 2.50 bits per heavy atom. The highest BCUT2D eigenvalue weighted by Crippen LogP contribution is 2.25. The van der Waals surface area contributed by atoms with Crippen LogP contribution >= 0.6 is 11.6 Å². The lowest BCUT2D eigenvalue weighted by Gasteiger charge is -2.10. The molecule has 8 heteroatoms. The maximum Gasteiger partial charge on any atom is 0.249 e. The van der Waals surface area contributed by atoms with Crippen molar-refractivity contribution in [1.29, 1.82) is 0 Å². The molecular formula is C18H17ClN6O. The van der Waals surface area contributed by atoms with E-state index in [1.165, 1.54) is 13.1 Å². The zero-order valence-corrected chi connectivity index (χ0v) is 15.0. The molecule has 1 amide bonds. The van der Waals surface area contributed by atoms with Gasteiger partial charge >= 0.3 is 0 Å². The molecule has 26 heavy (non-hydrogen) atoms. The molecule has 3 aromatic rings. The number of rotatable bonds is 5. The minimum absolute atomic E-state index is 0.113. The second kappa shape index (κ2) is 7.79. The van der Waals surface area contributed by atoms with E-state index >= 15 is 0 Å². The van der Waals surface area contributed by atoms with Crippen LogP contribution in [-0.4, -0.2) is 21.1 Å². The van der Waals surface area contributed by atoms with Crippen LogP contribution in [0.25, 0.3) is 0 Å². The molecule has 1 aromatic heterocycles. The first-order chi connectivity index (χ1) is 12.5. The van der Waals surface area contributed by atoms with Crippen molar-refractivity contribution in [3.8, 4) is 0 Å². The summed E-state index contributed by atoms with van der Waals surface area (Å²) in [5, 5.41) is 17.6. The molecule has 0 saturated carbocycles. The third kappa shape index (κ3) is 4.46. The fraction of sp³-hybridized carbons (Fsp3) is 0.111. The number of carbonyl (C=O) groups is 1. The van der Waals surface area contributed by atoms with Crippen molar-refractivity contribution in [2.24, 2.45) is 0 Å². The van der Waals surface area contributed by atoms with Crippen LogP contribution in [0.2, 0.25) is 5.02 Å². The van der Waals surface area contributed by atoms with Gasteiger partial charge in [0.15, 0.2) is 5.82 Å². The van der Waals surface area contributed by atoms with Crippen molar-refractivity contribution in [3.05, 3.63) is 59.2 Å². The summed E-state index contributed by atoms with van der Waals surface area (Å²) in [5.74, 6) is 0.780. The zero-order chi connectivity index (χ0) is 18.5. The van der Waals surface area contributed by atoms with Gasteiger partial charge in [0.1, 0.15) is 0 Å². The molecule has 0 spiro atoms. The lowest BCUT2D eigenvalue weighted by molar-refractivity contribution is -0.114. The third-order valence-corrected chi connectivity index (χ3v) is 3.96. The van der Waals surface area contributed by atoms with Crippen LogP contribution in [0.4, 0.5) is 28.8 Å². The second-order valence-electron chi connectivity index (χ2n) is 5.59. The fourth-order valence-corrected chi connectivity index (χ4v) is 2.44. The van der Waals surface area contributed by atoms with E-state index in [0.29, 0.717) is 16.8 Å². The number of benzene rings is 2. The lowest BCUT2D eigenvalue weighted by Crippen LogP contribution is -2.05. The molecular weight excluding hydrogens is 352 g/mol. The summed E-state index contributed by atoms with van der Waals surface area (Å²) >= 11 is 6.13. The van der Waals surface area contributed by atoms with E-state index in [2.05, 4.69) is 31.1 Å². The second-order valence-corrected chi connectivity index (χ2v) is 5.99. The highest BCUT2D eigenvalue weighted by molar-refractivity contribution is 6.31. The van der Waals surface area contributed by atoms with Gasteiger partial charge in [0.05, 0.1) is 6.20 Å². The summed E-state index contributed by atoms with van der Waals surface area (Å²) in [6.45, 7) is 3.38. The number of aromatic nitrogens is 3. The molecule has 3 N–H and O–H groups in total. The number of nitrogens with zero attached hydrogens (tertiary/aromatic N) is 3. The minimum atomic E-state index is -0.113. The molecule has 0 aliphatic heterocycles. The van der Waals surface area contributed by atoms with Gasteiger partial charge in [-0.1, -0.05) is 17.7 Å². The van der Waals surface area contributed by atoms with Gasteiger partial charge in [-0.05, 0) is 48.9 Å². The first-order valence-electron chi connectivity index (χ1n) is 7.88. The van der Waals surface area contributed by atoms with Crippen LogP contribution in [-0.2, 0) is 4.79 Å². The van der Waals surface area contributed by atoms with Crippen molar-refractivity contribution in [3.63, 3.8) is 0 Å². The minimum Gasteiger partial charge on any atom is -0.339 e. The third-order valence-electron chi connectivity index (χ3n) is 3.55. The van der Waals surface area contributed by atoms with Gasteiger partial charge in [-0.25, -0.2) is 0 Å². The predicted octanol–water partition coefficient (Wildman–Crippen LogP) is 4.28. The molecule has 0 saturated heterocycles. The Bertz CT molecular complexity index is 929. The van der Waals surface area contributed by atoms with Crippen LogP contribution in [0.3, 0.4) is 0 Å². The number of halogens is 1. The van der Waals surface area contributed by atoms with Crippen molar-refractivity contribution in [1.82, 2.24) is 15.2 Å². The normalized spacial score (nSPS) is 10.3. The molecule has 0 bridgehead atoms. The van der Waals surface area contributed by atoms with Crippen molar-refractivity contribution >= 4 is 46.3 Å².